The fourth-order valence-electron chi connectivity index (χ4n) is 1.30. The maximum atomic E-state index is 13.4. The SMILES string of the molecule is O=C(Nc1ccc(F)cn1)c1cc(Cl)ccc1F. The van der Waals surface area contributed by atoms with E-state index in [1.807, 2.05) is 0 Å². The third-order valence-electron chi connectivity index (χ3n) is 2.14. The molecule has 2 rings (SSSR count). The lowest BCUT2D eigenvalue weighted by Crippen LogP contribution is -2.14. The first-order valence-electron chi connectivity index (χ1n) is 4.94. The van der Waals surface area contributed by atoms with Crippen molar-refractivity contribution in [1.82, 2.24) is 4.98 Å². The van der Waals surface area contributed by atoms with Crippen LogP contribution < -0.4 is 5.32 Å². The van der Waals surface area contributed by atoms with Gasteiger partial charge in [0.25, 0.3) is 5.91 Å². The maximum Gasteiger partial charge on any atom is 0.259 e. The van der Waals surface area contributed by atoms with Crippen LogP contribution in [0.2, 0.25) is 5.02 Å². The second-order valence-corrected chi connectivity index (χ2v) is 3.88. The molecule has 3 nitrogen and oxygen atoms in total. The molecule has 1 N–H and O–H groups in total. The zero-order valence-corrected chi connectivity index (χ0v) is 9.71. The fraction of sp³-hybridized carbons (Fsp3) is 0. The van der Waals surface area contributed by atoms with Crippen molar-refractivity contribution in [2.45, 2.75) is 0 Å². The van der Waals surface area contributed by atoms with Crippen molar-refractivity contribution in [2.75, 3.05) is 5.32 Å². The van der Waals surface area contributed by atoms with E-state index in [0.29, 0.717) is 0 Å². The van der Waals surface area contributed by atoms with Gasteiger partial charge in [0.15, 0.2) is 0 Å². The van der Waals surface area contributed by atoms with E-state index in [1.165, 1.54) is 18.2 Å². The van der Waals surface area contributed by atoms with Gasteiger partial charge in [-0.3, -0.25) is 4.79 Å². The highest BCUT2D eigenvalue weighted by molar-refractivity contribution is 6.31. The smallest absolute Gasteiger partial charge is 0.259 e. The normalized spacial score (nSPS) is 10.2. The van der Waals surface area contributed by atoms with Crippen LogP contribution in [-0.2, 0) is 0 Å². The van der Waals surface area contributed by atoms with E-state index in [0.717, 1.165) is 18.3 Å². The summed E-state index contributed by atoms with van der Waals surface area (Å²) in [5, 5.41) is 2.58. The van der Waals surface area contributed by atoms with Crippen molar-refractivity contribution in [2.24, 2.45) is 0 Å². The van der Waals surface area contributed by atoms with Gasteiger partial charge in [-0.25, -0.2) is 13.8 Å². The minimum absolute atomic E-state index is 0.126. The molecule has 6 heteroatoms. The van der Waals surface area contributed by atoms with Crippen LogP contribution in [-0.4, -0.2) is 10.9 Å². The molecule has 0 bridgehead atoms. The van der Waals surface area contributed by atoms with Crippen LogP contribution in [0.15, 0.2) is 36.5 Å². The molecule has 0 radical (unpaired) electrons. The van der Waals surface area contributed by atoms with Crippen molar-refractivity contribution in [3.05, 3.63) is 58.7 Å². The van der Waals surface area contributed by atoms with Crippen LogP contribution in [0.3, 0.4) is 0 Å². The Morgan fingerprint density at radius 3 is 2.67 bits per heavy atom. The molecule has 92 valence electrons. The Hall–Kier alpha value is -2.01. The molecule has 0 unspecified atom stereocenters. The van der Waals surface area contributed by atoms with E-state index in [1.54, 1.807) is 0 Å². The molecule has 1 aromatic carbocycles. The molecule has 1 aromatic heterocycles. The molecule has 0 spiro atoms. The highest BCUT2D eigenvalue weighted by Crippen LogP contribution is 2.16. The summed E-state index contributed by atoms with van der Waals surface area (Å²) in [6, 6.07) is 6.04. The number of amides is 1. The Bertz CT molecular complexity index is 587. The molecule has 0 saturated carbocycles. The number of nitrogens with one attached hydrogen (secondary N) is 1. The Kier molecular flexibility index (Phi) is 3.53. The van der Waals surface area contributed by atoms with Crippen molar-refractivity contribution in [1.29, 1.82) is 0 Å². The number of halogens is 3. The molecule has 18 heavy (non-hydrogen) atoms. The number of pyridine rings is 1. The lowest BCUT2D eigenvalue weighted by Gasteiger charge is -2.05. The van der Waals surface area contributed by atoms with Crippen molar-refractivity contribution in [3.8, 4) is 0 Å². The molecule has 0 aliphatic carbocycles. The Morgan fingerprint density at radius 1 is 1.22 bits per heavy atom. The van der Waals surface area contributed by atoms with Gasteiger partial charge in [0.2, 0.25) is 0 Å². The first-order valence-corrected chi connectivity index (χ1v) is 5.32. The Balaban J connectivity index is 2.21. The van der Waals surface area contributed by atoms with Gasteiger partial charge in [-0.05, 0) is 30.3 Å². The lowest BCUT2D eigenvalue weighted by molar-refractivity contribution is 0.102. The number of aromatic nitrogens is 1. The zero-order valence-electron chi connectivity index (χ0n) is 8.95. The number of hydrogen-bond donors (Lipinski definition) is 1. The van der Waals surface area contributed by atoms with Crippen LogP contribution in [0.5, 0.6) is 0 Å². The van der Waals surface area contributed by atoms with E-state index in [9.17, 15) is 13.6 Å². The molecule has 0 fully saturated rings. The second kappa shape index (κ2) is 5.10. The maximum absolute atomic E-state index is 13.4. The van der Waals surface area contributed by atoms with Gasteiger partial charge in [0, 0.05) is 5.02 Å². The molecule has 0 atom stereocenters. The molecule has 1 amide bonds. The van der Waals surface area contributed by atoms with Gasteiger partial charge in [-0.1, -0.05) is 11.6 Å². The van der Waals surface area contributed by atoms with E-state index < -0.39 is 17.5 Å². The minimum Gasteiger partial charge on any atom is -0.306 e. The van der Waals surface area contributed by atoms with Crippen LogP contribution in [0, 0.1) is 11.6 Å². The van der Waals surface area contributed by atoms with Crippen molar-refractivity contribution in [3.63, 3.8) is 0 Å². The molecule has 0 saturated heterocycles. The van der Waals surface area contributed by atoms with Gasteiger partial charge in [0.1, 0.15) is 17.5 Å². The second-order valence-electron chi connectivity index (χ2n) is 3.44. The van der Waals surface area contributed by atoms with Gasteiger partial charge < -0.3 is 5.32 Å². The average molecular weight is 269 g/mol. The van der Waals surface area contributed by atoms with E-state index >= 15 is 0 Å². The Labute approximate surface area is 106 Å². The monoisotopic (exact) mass is 268 g/mol. The van der Waals surface area contributed by atoms with Gasteiger partial charge in [-0.2, -0.15) is 0 Å². The number of rotatable bonds is 2. The van der Waals surface area contributed by atoms with Crippen LogP contribution in [0.1, 0.15) is 10.4 Å². The molecule has 0 aliphatic heterocycles. The average Bonchev–Trinajstić information content (AvgIpc) is 2.35. The van der Waals surface area contributed by atoms with Crippen LogP contribution in [0.4, 0.5) is 14.6 Å². The quantitative estimate of drug-likeness (QED) is 0.908. The van der Waals surface area contributed by atoms with Gasteiger partial charge in [0.05, 0.1) is 11.8 Å². The standard InChI is InChI=1S/C12H7ClF2N2O/c13-7-1-3-10(15)9(5-7)12(18)17-11-4-2-8(14)6-16-11/h1-6H,(H,16,17,18). The summed E-state index contributed by atoms with van der Waals surface area (Å²) in [4.78, 5) is 15.4. The predicted molar refractivity (Wildman–Crippen MR) is 63.6 cm³/mol. The van der Waals surface area contributed by atoms with Crippen molar-refractivity contribution >= 4 is 23.3 Å². The first-order chi connectivity index (χ1) is 8.56. The third kappa shape index (κ3) is 2.81. The van der Waals surface area contributed by atoms with E-state index in [-0.39, 0.29) is 16.4 Å². The van der Waals surface area contributed by atoms with Crippen LogP contribution in [0.25, 0.3) is 0 Å². The minimum atomic E-state index is -0.700. The molecule has 1 heterocycles. The summed E-state index contributed by atoms with van der Waals surface area (Å²) in [6.45, 7) is 0. The largest absolute Gasteiger partial charge is 0.306 e. The highest BCUT2D eigenvalue weighted by Gasteiger charge is 2.12. The molecular weight excluding hydrogens is 262 g/mol. The predicted octanol–water partition coefficient (Wildman–Crippen LogP) is 3.27. The highest BCUT2D eigenvalue weighted by atomic mass is 35.5. The zero-order chi connectivity index (χ0) is 13.1. The van der Waals surface area contributed by atoms with Gasteiger partial charge >= 0.3 is 0 Å². The molecule has 0 aliphatic rings. The first kappa shape index (κ1) is 12.4. The molecular formula is C12H7ClF2N2O. The summed E-state index contributed by atoms with van der Waals surface area (Å²) in [7, 11) is 0. The summed E-state index contributed by atoms with van der Waals surface area (Å²) in [5.41, 5.74) is -0.200. The fourth-order valence-corrected chi connectivity index (χ4v) is 1.48. The lowest BCUT2D eigenvalue weighted by atomic mass is 10.2. The summed E-state index contributed by atoms with van der Waals surface area (Å²) < 4.78 is 26.0. The number of nitrogens with zero attached hydrogens (tertiary/aromatic N) is 1. The number of carbonyl (C=O) groups excluding carboxylic acids is 1. The summed E-state index contributed by atoms with van der Waals surface area (Å²) in [5.74, 6) is -1.80. The Morgan fingerprint density at radius 2 is 2.00 bits per heavy atom. The summed E-state index contributed by atoms with van der Waals surface area (Å²) >= 11 is 5.67. The number of anilines is 1. The van der Waals surface area contributed by atoms with E-state index in [2.05, 4.69) is 10.3 Å². The van der Waals surface area contributed by atoms with Gasteiger partial charge in [-0.15, -0.1) is 0 Å². The number of benzene rings is 1. The topological polar surface area (TPSA) is 42.0 Å². The number of hydrogen-bond acceptors (Lipinski definition) is 2. The molecule has 2 aromatic rings. The van der Waals surface area contributed by atoms with Crippen molar-refractivity contribution < 1.29 is 13.6 Å². The number of carbonyl (C=O) groups is 1. The summed E-state index contributed by atoms with van der Waals surface area (Å²) in [6.07, 6.45) is 0.948. The van der Waals surface area contributed by atoms with Crippen LogP contribution >= 0.6 is 11.6 Å². The van der Waals surface area contributed by atoms with E-state index in [4.69, 9.17) is 11.6 Å². The third-order valence-corrected chi connectivity index (χ3v) is 2.38.